The highest BCUT2D eigenvalue weighted by Gasteiger charge is 2.67. The van der Waals surface area contributed by atoms with E-state index >= 15 is 0 Å². The van der Waals surface area contributed by atoms with Crippen LogP contribution in [0.4, 0.5) is 5.69 Å². The molecule has 0 aromatic heterocycles. The lowest BCUT2D eigenvalue weighted by Crippen LogP contribution is -2.40. The monoisotopic (exact) mass is 357 g/mol. The average molecular weight is 358 g/mol. The SMILES string of the molecule is COC(=O)c1cc(N2C(=O)[C@@H]3[C@H]4C=C[C@H]([C@H]5C[C@H]45)[C@@H]3C2=O)ccc1Cl. The Bertz CT molecular complexity index is 827. The van der Waals surface area contributed by atoms with E-state index in [1.165, 1.54) is 24.1 Å². The van der Waals surface area contributed by atoms with Crippen molar-refractivity contribution in [1.29, 1.82) is 0 Å². The fourth-order valence-electron chi connectivity index (χ4n) is 5.13. The molecule has 4 aliphatic carbocycles. The number of rotatable bonds is 2. The Kier molecular flexibility index (Phi) is 2.99. The molecule has 0 radical (unpaired) electrons. The van der Waals surface area contributed by atoms with E-state index in [1.807, 2.05) is 0 Å². The first kappa shape index (κ1) is 15.1. The van der Waals surface area contributed by atoms with Gasteiger partial charge in [0.15, 0.2) is 0 Å². The second-order valence-electron chi connectivity index (χ2n) is 7.32. The van der Waals surface area contributed by atoms with Gasteiger partial charge in [0, 0.05) is 0 Å². The second kappa shape index (κ2) is 4.94. The topological polar surface area (TPSA) is 63.7 Å². The Morgan fingerprint density at radius 2 is 1.72 bits per heavy atom. The number of methoxy groups -OCH3 is 1. The summed E-state index contributed by atoms with van der Waals surface area (Å²) in [6, 6.07) is 4.60. The molecule has 6 heteroatoms. The summed E-state index contributed by atoms with van der Waals surface area (Å²) in [5.41, 5.74) is 0.545. The molecule has 2 amide bonds. The molecule has 0 unspecified atom stereocenters. The van der Waals surface area contributed by atoms with Crippen LogP contribution in [0.5, 0.6) is 0 Å². The molecule has 1 saturated heterocycles. The number of anilines is 1. The number of amides is 2. The highest BCUT2D eigenvalue weighted by atomic mass is 35.5. The lowest BCUT2D eigenvalue weighted by atomic mass is 9.63. The van der Waals surface area contributed by atoms with Crippen molar-refractivity contribution in [2.75, 3.05) is 12.0 Å². The average Bonchev–Trinajstić information content (AvgIpc) is 3.39. The van der Waals surface area contributed by atoms with Gasteiger partial charge in [0.1, 0.15) is 0 Å². The Morgan fingerprint density at radius 3 is 2.28 bits per heavy atom. The van der Waals surface area contributed by atoms with Crippen LogP contribution in [0.3, 0.4) is 0 Å². The lowest BCUT2D eigenvalue weighted by molar-refractivity contribution is -0.124. The quantitative estimate of drug-likeness (QED) is 0.464. The lowest BCUT2D eigenvalue weighted by Gasteiger charge is -2.37. The summed E-state index contributed by atoms with van der Waals surface area (Å²) in [6.07, 6.45) is 5.40. The summed E-state index contributed by atoms with van der Waals surface area (Å²) in [5, 5.41) is 0.232. The van der Waals surface area contributed by atoms with Gasteiger partial charge in [-0.1, -0.05) is 23.8 Å². The van der Waals surface area contributed by atoms with E-state index in [-0.39, 0.29) is 46.1 Å². The highest BCUT2D eigenvalue weighted by Crippen LogP contribution is 2.65. The predicted molar refractivity (Wildman–Crippen MR) is 90.0 cm³/mol. The molecule has 6 atom stereocenters. The van der Waals surface area contributed by atoms with Gasteiger partial charge in [0.05, 0.1) is 35.2 Å². The van der Waals surface area contributed by atoms with Gasteiger partial charge in [-0.2, -0.15) is 0 Å². The Morgan fingerprint density at radius 1 is 1.12 bits per heavy atom. The normalized spacial score (nSPS) is 37.1. The third-order valence-electron chi connectivity index (χ3n) is 6.28. The number of carbonyl (C=O) groups excluding carboxylic acids is 3. The van der Waals surface area contributed by atoms with Gasteiger partial charge in [-0.25, -0.2) is 9.69 Å². The standard InChI is InChI=1S/C19H16ClNO4/c1-25-19(24)13-6-8(2-5-14(13)20)21-17(22)15-9-3-4-10(12-7-11(9)12)16(15)18(21)23/h2-6,9-12,15-16H,7H2,1H3/t9-,10+,11-,12-,15+,16-/m1/s1. The summed E-state index contributed by atoms with van der Waals surface area (Å²) in [6.45, 7) is 0. The highest BCUT2D eigenvalue weighted by molar-refractivity contribution is 6.34. The van der Waals surface area contributed by atoms with Gasteiger partial charge in [-0.05, 0) is 48.3 Å². The van der Waals surface area contributed by atoms with E-state index < -0.39 is 5.97 Å². The Balaban J connectivity index is 1.55. The zero-order valence-corrected chi connectivity index (χ0v) is 14.3. The molecule has 1 heterocycles. The van der Waals surface area contributed by atoms with E-state index in [0.29, 0.717) is 17.5 Å². The third kappa shape index (κ3) is 1.87. The van der Waals surface area contributed by atoms with E-state index in [9.17, 15) is 14.4 Å². The van der Waals surface area contributed by atoms with Crippen LogP contribution in [0.25, 0.3) is 0 Å². The third-order valence-corrected chi connectivity index (χ3v) is 6.61. The maximum atomic E-state index is 13.1. The molecule has 3 fully saturated rings. The van der Waals surface area contributed by atoms with Gasteiger partial charge < -0.3 is 4.74 Å². The van der Waals surface area contributed by atoms with Gasteiger partial charge in [0.2, 0.25) is 11.8 Å². The maximum Gasteiger partial charge on any atom is 0.339 e. The Labute approximate surface area is 149 Å². The van der Waals surface area contributed by atoms with Crippen LogP contribution in [0.2, 0.25) is 5.02 Å². The summed E-state index contributed by atoms with van der Waals surface area (Å²) in [7, 11) is 1.27. The molecular weight excluding hydrogens is 342 g/mol. The van der Waals surface area contributed by atoms with Crippen LogP contribution in [0.15, 0.2) is 30.4 Å². The van der Waals surface area contributed by atoms with Crippen LogP contribution >= 0.6 is 11.6 Å². The smallest absolute Gasteiger partial charge is 0.339 e. The van der Waals surface area contributed by atoms with E-state index in [2.05, 4.69) is 12.2 Å². The molecule has 0 spiro atoms. The molecule has 2 bridgehead atoms. The number of nitrogens with zero attached hydrogens (tertiary/aromatic N) is 1. The minimum absolute atomic E-state index is 0.154. The number of imide groups is 1. The minimum atomic E-state index is -0.591. The number of esters is 1. The molecule has 25 heavy (non-hydrogen) atoms. The molecule has 5 nitrogen and oxygen atoms in total. The van der Waals surface area contributed by atoms with Gasteiger partial charge in [-0.3, -0.25) is 9.59 Å². The molecule has 6 rings (SSSR count). The zero-order valence-electron chi connectivity index (χ0n) is 13.5. The van der Waals surface area contributed by atoms with Crippen molar-refractivity contribution in [1.82, 2.24) is 0 Å². The molecule has 5 aliphatic rings. The molecular formula is C19H16ClNO4. The number of carbonyl (C=O) groups is 3. The largest absolute Gasteiger partial charge is 0.465 e. The van der Waals surface area contributed by atoms with Gasteiger partial charge in [-0.15, -0.1) is 0 Å². The van der Waals surface area contributed by atoms with E-state index in [0.717, 1.165) is 6.42 Å². The number of hydrogen-bond acceptors (Lipinski definition) is 4. The first-order valence-corrected chi connectivity index (χ1v) is 8.84. The first-order chi connectivity index (χ1) is 12.0. The number of hydrogen-bond donors (Lipinski definition) is 0. The zero-order chi connectivity index (χ0) is 17.5. The van der Waals surface area contributed by atoms with Crippen LogP contribution in [-0.4, -0.2) is 24.9 Å². The summed E-state index contributed by atoms with van der Waals surface area (Å²) in [5.74, 6) is 0.0456. The first-order valence-electron chi connectivity index (χ1n) is 8.47. The van der Waals surface area contributed by atoms with E-state index in [4.69, 9.17) is 16.3 Å². The van der Waals surface area contributed by atoms with E-state index in [1.54, 1.807) is 6.07 Å². The van der Waals surface area contributed by atoms with Crippen molar-refractivity contribution in [3.05, 3.63) is 40.9 Å². The van der Waals surface area contributed by atoms with Crippen LogP contribution < -0.4 is 4.90 Å². The molecule has 128 valence electrons. The summed E-state index contributed by atoms with van der Waals surface area (Å²) >= 11 is 6.05. The van der Waals surface area contributed by atoms with Crippen molar-refractivity contribution in [2.24, 2.45) is 35.5 Å². The number of allylic oxidation sites excluding steroid dienone is 2. The van der Waals surface area contributed by atoms with Crippen molar-refractivity contribution in [2.45, 2.75) is 6.42 Å². The molecule has 0 N–H and O–H groups in total. The minimum Gasteiger partial charge on any atom is -0.465 e. The predicted octanol–water partition coefficient (Wildman–Crippen LogP) is 2.68. The van der Waals surface area contributed by atoms with Crippen molar-refractivity contribution < 1.29 is 19.1 Å². The van der Waals surface area contributed by atoms with Crippen molar-refractivity contribution in [3.8, 4) is 0 Å². The maximum absolute atomic E-state index is 13.1. The van der Waals surface area contributed by atoms with Crippen molar-refractivity contribution >= 4 is 35.1 Å². The number of benzene rings is 1. The van der Waals surface area contributed by atoms with Crippen LogP contribution in [0.1, 0.15) is 16.8 Å². The molecule has 1 aliphatic heterocycles. The molecule has 1 aromatic rings. The molecule has 2 saturated carbocycles. The van der Waals surface area contributed by atoms with Crippen LogP contribution in [0, 0.1) is 35.5 Å². The van der Waals surface area contributed by atoms with Crippen molar-refractivity contribution in [3.63, 3.8) is 0 Å². The summed E-state index contributed by atoms with van der Waals surface area (Å²) in [4.78, 5) is 39.2. The van der Waals surface area contributed by atoms with Gasteiger partial charge >= 0.3 is 5.97 Å². The molecule has 1 aromatic carbocycles. The Hall–Kier alpha value is -2.14. The van der Waals surface area contributed by atoms with Gasteiger partial charge in [0.25, 0.3) is 0 Å². The number of halogens is 1. The number of ether oxygens (including phenoxy) is 1. The summed E-state index contributed by atoms with van der Waals surface area (Å²) < 4.78 is 4.73. The van der Waals surface area contributed by atoms with Crippen LogP contribution in [-0.2, 0) is 14.3 Å². The second-order valence-corrected chi connectivity index (χ2v) is 7.73. The fourth-order valence-corrected chi connectivity index (χ4v) is 5.32. The fraction of sp³-hybridized carbons (Fsp3) is 0.421.